The maximum Gasteiger partial charge on any atom is 0.330 e. The van der Waals surface area contributed by atoms with E-state index < -0.39 is 11.2 Å². The predicted molar refractivity (Wildman–Crippen MR) is 120 cm³/mol. The van der Waals surface area contributed by atoms with Gasteiger partial charge in [0.25, 0.3) is 11.5 Å². The van der Waals surface area contributed by atoms with Crippen LogP contribution in [0, 0.1) is 0 Å². The van der Waals surface area contributed by atoms with E-state index in [0.29, 0.717) is 37.4 Å². The van der Waals surface area contributed by atoms with Crippen LogP contribution in [0.3, 0.4) is 0 Å². The van der Waals surface area contributed by atoms with E-state index in [9.17, 15) is 14.4 Å². The standard InChI is InChI=1S/C21H19N7O3S/c29-17-14-10-12(11-23-16(14)28(13-3-4-13)20(31)25-17)19(30)26-6-8-27(9-7-26)21-24-15-2-1-5-22-18(15)32-21/h1-2,5,10-11,13H,3-4,6-9H2,(H,25,29,31). The molecule has 10 nitrogen and oxygen atoms in total. The average molecular weight is 449 g/mol. The first-order valence-corrected chi connectivity index (χ1v) is 11.3. The number of aromatic amines is 1. The van der Waals surface area contributed by atoms with Gasteiger partial charge in [-0.2, -0.15) is 0 Å². The highest BCUT2D eigenvalue weighted by molar-refractivity contribution is 7.21. The summed E-state index contributed by atoms with van der Waals surface area (Å²) >= 11 is 1.55. The van der Waals surface area contributed by atoms with Crippen molar-refractivity contribution < 1.29 is 4.79 Å². The van der Waals surface area contributed by atoms with Crippen molar-refractivity contribution in [3.63, 3.8) is 0 Å². The van der Waals surface area contributed by atoms with Crippen molar-refractivity contribution in [3.05, 3.63) is 57.0 Å². The lowest BCUT2D eigenvalue weighted by Gasteiger charge is -2.34. The minimum absolute atomic E-state index is 0.0710. The number of nitrogens with zero attached hydrogens (tertiary/aromatic N) is 6. The Morgan fingerprint density at radius 1 is 1.12 bits per heavy atom. The highest BCUT2D eigenvalue weighted by atomic mass is 32.1. The molecule has 32 heavy (non-hydrogen) atoms. The van der Waals surface area contributed by atoms with Crippen LogP contribution in [0.2, 0.25) is 0 Å². The first-order chi connectivity index (χ1) is 15.6. The second-order valence-electron chi connectivity index (χ2n) is 8.06. The van der Waals surface area contributed by atoms with Gasteiger partial charge in [-0.05, 0) is 31.0 Å². The number of H-pyrrole nitrogens is 1. The van der Waals surface area contributed by atoms with Crippen molar-refractivity contribution in [2.75, 3.05) is 31.1 Å². The van der Waals surface area contributed by atoms with E-state index in [2.05, 4.69) is 24.8 Å². The van der Waals surface area contributed by atoms with Crippen molar-refractivity contribution in [1.29, 1.82) is 0 Å². The van der Waals surface area contributed by atoms with E-state index in [0.717, 1.165) is 28.3 Å². The van der Waals surface area contributed by atoms with Gasteiger partial charge in [0.2, 0.25) is 0 Å². The van der Waals surface area contributed by atoms with E-state index in [-0.39, 0.29) is 17.3 Å². The Hall–Kier alpha value is -3.60. The number of carbonyl (C=O) groups excluding carboxylic acids is 1. The van der Waals surface area contributed by atoms with Crippen molar-refractivity contribution in [1.82, 2.24) is 29.4 Å². The van der Waals surface area contributed by atoms with Gasteiger partial charge < -0.3 is 9.80 Å². The zero-order chi connectivity index (χ0) is 21.8. The third kappa shape index (κ3) is 3.16. The molecule has 0 radical (unpaired) electrons. The van der Waals surface area contributed by atoms with E-state index in [1.54, 1.807) is 28.5 Å². The number of aromatic nitrogens is 5. The fourth-order valence-electron chi connectivity index (χ4n) is 4.10. The molecule has 0 aromatic carbocycles. The second kappa shape index (κ2) is 7.23. The number of rotatable bonds is 3. The smallest absolute Gasteiger partial charge is 0.330 e. The fraction of sp³-hybridized carbons (Fsp3) is 0.333. The van der Waals surface area contributed by atoms with Crippen molar-refractivity contribution in [2.24, 2.45) is 0 Å². The molecule has 2 aliphatic rings. The molecular weight excluding hydrogens is 430 g/mol. The van der Waals surface area contributed by atoms with Crippen molar-refractivity contribution >= 4 is 43.8 Å². The van der Waals surface area contributed by atoms with Crippen LogP contribution >= 0.6 is 11.3 Å². The number of fused-ring (bicyclic) bond motifs is 2. The average Bonchev–Trinajstić information content (AvgIpc) is 3.55. The summed E-state index contributed by atoms with van der Waals surface area (Å²) in [4.78, 5) is 58.2. The third-order valence-corrected chi connectivity index (χ3v) is 6.97. The SMILES string of the molecule is O=C(c1cnc2c(c1)c(=O)[nH]c(=O)n2C1CC1)N1CCN(c2nc3cccnc3s2)CC1. The van der Waals surface area contributed by atoms with Gasteiger partial charge in [-0.1, -0.05) is 11.3 Å². The number of pyridine rings is 2. The van der Waals surface area contributed by atoms with Crippen molar-refractivity contribution in [3.8, 4) is 0 Å². The topological polar surface area (TPSA) is 117 Å². The molecular formula is C21H19N7O3S. The Kier molecular flexibility index (Phi) is 4.32. The van der Waals surface area contributed by atoms with Gasteiger partial charge in [-0.3, -0.25) is 19.1 Å². The molecule has 1 amide bonds. The van der Waals surface area contributed by atoms with E-state index in [4.69, 9.17) is 0 Å². The van der Waals surface area contributed by atoms with E-state index in [1.165, 1.54) is 10.8 Å². The van der Waals surface area contributed by atoms with Crippen molar-refractivity contribution in [2.45, 2.75) is 18.9 Å². The van der Waals surface area contributed by atoms with E-state index in [1.807, 2.05) is 12.1 Å². The Morgan fingerprint density at radius 2 is 1.94 bits per heavy atom. The number of hydrogen-bond acceptors (Lipinski definition) is 8. The summed E-state index contributed by atoms with van der Waals surface area (Å²) in [6.45, 7) is 2.40. The third-order valence-electron chi connectivity index (χ3n) is 5.93. The fourth-order valence-corrected chi connectivity index (χ4v) is 5.06. The molecule has 2 fully saturated rings. The molecule has 0 unspecified atom stereocenters. The van der Waals surface area contributed by atoms with Gasteiger partial charge in [0.1, 0.15) is 16.0 Å². The number of piperazine rings is 1. The summed E-state index contributed by atoms with van der Waals surface area (Å²) < 4.78 is 1.52. The number of amides is 1. The summed E-state index contributed by atoms with van der Waals surface area (Å²) in [5.41, 5.74) is 0.605. The Morgan fingerprint density at radius 3 is 2.69 bits per heavy atom. The number of carbonyl (C=O) groups is 1. The molecule has 162 valence electrons. The molecule has 1 aliphatic heterocycles. The zero-order valence-corrected chi connectivity index (χ0v) is 17.8. The predicted octanol–water partition coefficient (Wildman–Crippen LogP) is 1.39. The molecule has 4 aromatic rings. The Balaban J connectivity index is 1.23. The maximum absolute atomic E-state index is 13.1. The summed E-state index contributed by atoms with van der Waals surface area (Å²) in [6.07, 6.45) is 5.00. The number of thiazole rings is 1. The lowest BCUT2D eigenvalue weighted by molar-refractivity contribution is 0.0746. The van der Waals surface area contributed by atoms with Crippen LogP contribution in [-0.2, 0) is 0 Å². The van der Waals surface area contributed by atoms with Crippen LogP contribution in [0.25, 0.3) is 21.4 Å². The first-order valence-electron chi connectivity index (χ1n) is 10.5. The molecule has 0 bridgehead atoms. The normalized spacial score (nSPS) is 16.8. The molecule has 1 saturated carbocycles. The van der Waals surface area contributed by atoms with Crippen LogP contribution in [0.4, 0.5) is 5.13 Å². The van der Waals surface area contributed by atoms with E-state index >= 15 is 0 Å². The van der Waals surface area contributed by atoms with Crippen LogP contribution in [0.15, 0.2) is 40.2 Å². The molecule has 0 atom stereocenters. The summed E-state index contributed by atoms with van der Waals surface area (Å²) in [5, 5.41) is 1.17. The van der Waals surface area contributed by atoms with Crippen LogP contribution in [0.1, 0.15) is 29.2 Å². The van der Waals surface area contributed by atoms with Gasteiger partial charge in [0, 0.05) is 44.6 Å². The van der Waals surface area contributed by atoms with Crippen LogP contribution in [-0.4, -0.2) is 61.5 Å². The van der Waals surface area contributed by atoms with Gasteiger partial charge in [0.05, 0.1) is 10.9 Å². The molecule has 5 heterocycles. The molecule has 0 spiro atoms. The first kappa shape index (κ1) is 19.1. The van der Waals surface area contributed by atoms with Crippen LogP contribution < -0.4 is 16.1 Å². The molecule has 4 aromatic heterocycles. The number of anilines is 1. The lowest BCUT2D eigenvalue weighted by Crippen LogP contribution is -2.48. The molecule has 6 rings (SSSR count). The van der Waals surface area contributed by atoms with Gasteiger partial charge in [0.15, 0.2) is 5.13 Å². The molecule has 1 N–H and O–H groups in total. The molecule has 1 aliphatic carbocycles. The molecule has 1 saturated heterocycles. The largest absolute Gasteiger partial charge is 0.344 e. The number of nitrogens with one attached hydrogen (secondary N) is 1. The second-order valence-corrected chi connectivity index (χ2v) is 9.01. The zero-order valence-electron chi connectivity index (χ0n) is 17.0. The van der Waals surface area contributed by atoms with Gasteiger partial charge in [-0.25, -0.2) is 19.7 Å². The molecule has 11 heteroatoms. The highest BCUT2D eigenvalue weighted by Crippen LogP contribution is 2.34. The summed E-state index contributed by atoms with van der Waals surface area (Å²) in [6, 6.07) is 5.43. The minimum atomic E-state index is -0.515. The minimum Gasteiger partial charge on any atom is -0.344 e. The van der Waals surface area contributed by atoms with Gasteiger partial charge in [-0.15, -0.1) is 0 Å². The maximum atomic E-state index is 13.1. The quantitative estimate of drug-likeness (QED) is 0.502. The monoisotopic (exact) mass is 449 g/mol. The van der Waals surface area contributed by atoms with Crippen LogP contribution in [0.5, 0.6) is 0 Å². The Bertz CT molecular complexity index is 1450. The number of hydrogen-bond donors (Lipinski definition) is 1. The highest BCUT2D eigenvalue weighted by Gasteiger charge is 2.29. The summed E-state index contributed by atoms with van der Waals surface area (Å²) in [7, 11) is 0. The Labute approximate surface area is 185 Å². The van der Waals surface area contributed by atoms with Gasteiger partial charge >= 0.3 is 5.69 Å². The summed E-state index contributed by atoms with van der Waals surface area (Å²) in [5.74, 6) is -0.173. The lowest BCUT2D eigenvalue weighted by atomic mass is 10.2.